The van der Waals surface area contributed by atoms with Crippen LogP contribution in [0.3, 0.4) is 0 Å². The maximum atomic E-state index is 11.6. The Kier molecular flexibility index (Phi) is 5.00. The molecule has 0 aliphatic rings. The van der Waals surface area contributed by atoms with E-state index in [2.05, 4.69) is 27.4 Å². The number of rotatable bonds is 5. The lowest BCUT2D eigenvalue weighted by atomic mass is 10.1. The Morgan fingerprint density at radius 2 is 1.47 bits per heavy atom. The number of amides is 2. The van der Waals surface area contributed by atoms with Gasteiger partial charge in [0, 0.05) is 7.05 Å². The molecule has 96 valence electrons. The van der Waals surface area contributed by atoms with Gasteiger partial charge in [0.25, 0.3) is 5.91 Å². The summed E-state index contributed by atoms with van der Waals surface area (Å²) >= 11 is 0. The van der Waals surface area contributed by atoms with Gasteiger partial charge in [0.2, 0.25) is 5.91 Å². The number of nitrogens with one attached hydrogen (secondary N) is 2. The van der Waals surface area contributed by atoms with Crippen molar-refractivity contribution in [2.75, 3.05) is 7.05 Å². The van der Waals surface area contributed by atoms with Gasteiger partial charge < -0.3 is 10.6 Å². The van der Waals surface area contributed by atoms with Gasteiger partial charge in [-0.05, 0) is 33.9 Å². The number of nitrogens with zero attached hydrogens (tertiary/aromatic N) is 2. The average molecular weight is 240 g/mol. The first kappa shape index (κ1) is 15.3. The predicted octanol–water partition coefficient (Wildman–Crippen LogP) is 1.00. The third-order valence-corrected chi connectivity index (χ3v) is 2.12. The van der Waals surface area contributed by atoms with E-state index in [4.69, 9.17) is 0 Å². The molecule has 0 heterocycles. The summed E-state index contributed by atoms with van der Waals surface area (Å²) < 4.78 is 0. The van der Waals surface area contributed by atoms with E-state index in [-0.39, 0.29) is 11.8 Å². The van der Waals surface area contributed by atoms with Gasteiger partial charge in [0.1, 0.15) is 0 Å². The second-order valence-corrected chi connectivity index (χ2v) is 4.57. The van der Waals surface area contributed by atoms with Gasteiger partial charge >= 0.3 is 0 Å². The summed E-state index contributed by atoms with van der Waals surface area (Å²) in [6.07, 6.45) is 1.28. The molecule has 0 aromatic carbocycles. The van der Waals surface area contributed by atoms with E-state index in [0.717, 1.165) is 0 Å². The molecule has 0 aliphatic carbocycles. The topological polar surface area (TPSA) is 82.9 Å². The Morgan fingerprint density at radius 3 is 1.82 bits per heavy atom. The van der Waals surface area contributed by atoms with Gasteiger partial charge in [-0.3, -0.25) is 9.59 Å². The fraction of sp³-hybridized carbons (Fsp3) is 0.636. The minimum atomic E-state index is -1.04. The third-order valence-electron chi connectivity index (χ3n) is 2.12. The van der Waals surface area contributed by atoms with Gasteiger partial charge in [0.05, 0.1) is 0 Å². The molecule has 2 N–H and O–H groups in total. The third kappa shape index (κ3) is 4.34. The molecule has 0 spiro atoms. The molecule has 0 atom stereocenters. The van der Waals surface area contributed by atoms with Crippen LogP contribution in [0.1, 0.15) is 27.7 Å². The second kappa shape index (κ2) is 5.56. The largest absolute Gasteiger partial charge is 0.357 e. The van der Waals surface area contributed by atoms with Crippen molar-refractivity contribution >= 4 is 11.8 Å². The first-order valence-corrected chi connectivity index (χ1v) is 5.25. The Hall–Kier alpha value is -1.72. The van der Waals surface area contributed by atoms with Crippen LogP contribution in [-0.2, 0) is 9.59 Å². The van der Waals surface area contributed by atoms with Crippen molar-refractivity contribution in [3.8, 4) is 0 Å². The Bertz CT molecular complexity index is 345. The highest BCUT2D eigenvalue weighted by Crippen LogP contribution is 2.16. The van der Waals surface area contributed by atoms with Crippen molar-refractivity contribution in [1.82, 2.24) is 10.6 Å². The molecule has 0 aromatic rings. The standard InChI is InChI=1S/C11H20N4O2/c1-7-13-9(17)11(4,5)15-14-10(2,3)8(16)12-6/h7H,1H2,2-6H3,(H,12,16)(H,13,17). The summed E-state index contributed by atoms with van der Waals surface area (Å²) in [7, 11) is 1.52. The normalized spacial score (nSPS) is 12.3. The number of hydrogen-bond donors (Lipinski definition) is 2. The molecule has 0 saturated heterocycles. The van der Waals surface area contributed by atoms with E-state index < -0.39 is 11.1 Å². The van der Waals surface area contributed by atoms with E-state index in [9.17, 15) is 9.59 Å². The number of azo groups is 1. The summed E-state index contributed by atoms with van der Waals surface area (Å²) in [4.78, 5) is 23.0. The molecule has 2 amide bonds. The van der Waals surface area contributed by atoms with Gasteiger partial charge in [-0.15, -0.1) is 0 Å². The number of likely N-dealkylation sites (N-methyl/N-ethyl adjacent to an activating group) is 1. The van der Waals surface area contributed by atoms with Crippen LogP contribution in [0.4, 0.5) is 0 Å². The van der Waals surface area contributed by atoms with Crippen molar-refractivity contribution in [3.05, 3.63) is 12.8 Å². The van der Waals surface area contributed by atoms with Crippen LogP contribution in [0.15, 0.2) is 23.0 Å². The maximum Gasteiger partial charge on any atom is 0.253 e. The Balaban J connectivity index is 4.87. The van der Waals surface area contributed by atoms with Crippen LogP contribution < -0.4 is 10.6 Å². The predicted molar refractivity (Wildman–Crippen MR) is 65.4 cm³/mol. The van der Waals surface area contributed by atoms with Crippen LogP contribution in [-0.4, -0.2) is 29.9 Å². The molecule has 0 unspecified atom stereocenters. The maximum absolute atomic E-state index is 11.6. The molecule has 0 radical (unpaired) electrons. The Labute approximate surface area is 102 Å². The highest BCUT2D eigenvalue weighted by molar-refractivity contribution is 5.87. The summed E-state index contributed by atoms with van der Waals surface area (Å²) in [6, 6.07) is 0. The van der Waals surface area contributed by atoms with Gasteiger partial charge in [-0.25, -0.2) is 0 Å². The molecule has 0 rings (SSSR count). The van der Waals surface area contributed by atoms with Crippen LogP contribution in [0, 0.1) is 0 Å². The summed E-state index contributed by atoms with van der Waals surface area (Å²) in [5, 5.41) is 12.8. The van der Waals surface area contributed by atoms with Crippen LogP contribution in [0.25, 0.3) is 0 Å². The molecule has 0 aliphatic heterocycles. The summed E-state index contributed by atoms with van der Waals surface area (Å²) in [5.41, 5.74) is -2.04. The number of hydrogen-bond acceptors (Lipinski definition) is 4. The molecular formula is C11H20N4O2. The van der Waals surface area contributed by atoms with Crippen molar-refractivity contribution < 1.29 is 9.59 Å². The van der Waals surface area contributed by atoms with Crippen LogP contribution >= 0.6 is 0 Å². The van der Waals surface area contributed by atoms with Crippen LogP contribution in [0.2, 0.25) is 0 Å². The minimum Gasteiger partial charge on any atom is -0.357 e. The number of carbonyl (C=O) groups excluding carboxylic acids is 2. The average Bonchev–Trinajstić information content (AvgIpc) is 2.26. The molecular weight excluding hydrogens is 220 g/mol. The lowest BCUT2D eigenvalue weighted by Gasteiger charge is -2.20. The highest BCUT2D eigenvalue weighted by Gasteiger charge is 2.31. The molecule has 17 heavy (non-hydrogen) atoms. The highest BCUT2D eigenvalue weighted by atomic mass is 16.2. The fourth-order valence-corrected chi connectivity index (χ4v) is 0.916. The minimum absolute atomic E-state index is 0.263. The van der Waals surface area contributed by atoms with Crippen LogP contribution in [0.5, 0.6) is 0 Å². The molecule has 6 nitrogen and oxygen atoms in total. The van der Waals surface area contributed by atoms with E-state index in [1.54, 1.807) is 27.7 Å². The van der Waals surface area contributed by atoms with Crippen molar-refractivity contribution in [2.24, 2.45) is 10.2 Å². The van der Waals surface area contributed by atoms with E-state index >= 15 is 0 Å². The quantitative estimate of drug-likeness (QED) is 0.703. The zero-order valence-electron chi connectivity index (χ0n) is 11.0. The molecule has 0 bridgehead atoms. The fourth-order valence-electron chi connectivity index (χ4n) is 0.916. The lowest BCUT2D eigenvalue weighted by molar-refractivity contribution is -0.126. The van der Waals surface area contributed by atoms with Crippen molar-refractivity contribution in [2.45, 2.75) is 38.8 Å². The monoisotopic (exact) mass is 240 g/mol. The van der Waals surface area contributed by atoms with Gasteiger partial charge in [-0.1, -0.05) is 6.58 Å². The first-order chi connectivity index (χ1) is 7.67. The molecule has 0 saturated carbocycles. The van der Waals surface area contributed by atoms with E-state index in [1.807, 2.05) is 0 Å². The van der Waals surface area contributed by atoms with Gasteiger partial charge in [0.15, 0.2) is 11.1 Å². The van der Waals surface area contributed by atoms with Gasteiger partial charge in [-0.2, -0.15) is 10.2 Å². The lowest BCUT2D eigenvalue weighted by Crippen LogP contribution is -2.41. The van der Waals surface area contributed by atoms with E-state index in [1.165, 1.54) is 13.2 Å². The molecule has 0 aromatic heterocycles. The summed E-state index contributed by atoms with van der Waals surface area (Å²) in [5.74, 6) is -0.592. The summed E-state index contributed by atoms with van der Waals surface area (Å²) in [6.45, 7) is 9.85. The van der Waals surface area contributed by atoms with Crippen molar-refractivity contribution in [3.63, 3.8) is 0 Å². The number of carbonyl (C=O) groups is 2. The van der Waals surface area contributed by atoms with E-state index in [0.29, 0.717) is 0 Å². The molecule has 6 heteroatoms. The Morgan fingerprint density at radius 1 is 1.06 bits per heavy atom. The smallest absolute Gasteiger partial charge is 0.253 e. The van der Waals surface area contributed by atoms with Crippen molar-refractivity contribution in [1.29, 1.82) is 0 Å². The first-order valence-electron chi connectivity index (χ1n) is 5.25. The zero-order chi connectivity index (χ0) is 13.7. The zero-order valence-corrected chi connectivity index (χ0v) is 11.0. The molecule has 0 fully saturated rings. The SMILES string of the molecule is C=CNC(=O)C(C)(C)N=NC(C)(C)C(=O)NC. The second-order valence-electron chi connectivity index (χ2n) is 4.57.